The summed E-state index contributed by atoms with van der Waals surface area (Å²) in [5.41, 5.74) is 0. The van der Waals surface area contributed by atoms with Crippen LogP contribution in [0.15, 0.2) is 12.3 Å². The fourth-order valence-electron chi connectivity index (χ4n) is 3.45. The van der Waals surface area contributed by atoms with Crippen molar-refractivity contribution >= 4 is 11.8 Å². The van der Waals surface area contributed by atoms with Crippen LogP contribution in [0.4, 0.5) is 11.8 Å². The fourth-order valence-corrected chi connectivity index (χ4v) is 3.45. The molecule has 4 heteroatoms. The van der Waals surface area contributed by atoms with Crippen LogP contribution in [0.2, 0.25) is 0 Å². The highest BCUT2D eigenvalue weighted by Gasteiger charge is 2.31. The van der Waals surface area contributed by atoms with E-state index in [0.717, 1.165) is 30.1 Å². The topological polar surface area (TPSA) is 41.1 Å². The van der Waals surface area contributed by atoms with Gasteiger partial charge in [-0.05, 0) is 30.7 Å². The molecular weight excluding hydrogens is 224 g/mol. The number of hydrogen-bond donors (Lipinski definition) is 1. The molecule has 3 rings (SSSR count). The monoisotopic (exact) mass is 246 g/mol. The molecule has 2 atom stereocenters. The van der Waals surface area contributed by atoms with Gasteiger partial charge in [0.2, 0.25) is 5.95 Å². The maximum Gasteiger partial charge on any atom is 0.224 e. The van der Waals surface area contributed by atoms with Gasteiger partial charge < -0.3 is 10.2 Å². The Balaban J connectivity index is 1.72. The van der Waals surface area contributed by atoms with Gasteiger partial charge >= 0.3 is 0 Å². The zero-order valence-electron chi connectivity index (χ0n) is 11.1. The van der Waals surface area contributed by atoms with Gasteiger partial charge in [0.1, 0.15) is 5.82 Å². The first-order valence-corrected chi connectivity index (χ1v) is 7.12. The normalized spacial score (nSPS) is 27.7. The molecule has 1 saturated carbocycles. The second-order valence-electron chi connectivity index (χ2n) is 5.53. The molecule has 0 amide bonds. The summed E-state index contributed by atoms with van der Waals surface area (Å²) in [6.07, 6.45) is 8.90. The number of nitrogens with one attached hydrogen (secondary N) is 1. The van der Waals surface area contributed by atoms with Gasteiger partial charge in [-0.2, -0.15) is 4.98 Å². The average Bonchev–Trinajstić information content (AvgIpc) is 2.47. The van der Waals surface area contributed by atoms with Crippen LogP contribution in [-0.2, 0) is 0 Å². The van der Waals surface area contributed by atoms with Crippen LogP contribution in [0, 0.1) is 11.8 Å². The van der Waals surface area contributed by atoms with E-state index in [1.54, 1.807) is 0 Å². The van der Waals surface area contributed by atoms with E-state index in [-0.39, 0.29) is 0 Å². The molecule has 2 fully saturated rings. The third kappa shape index (κ3) is 2.28. The van der Waals surface area contributed by atoms with Crippen LogP contribution >= 0.6 is 0 Å². The van der Waals surface area contributed by atoms with E-state index < -0.39 is 0 Å². The van der Waals surface area contributed by atoms with E-state index in [2.05, 4.69) is 20.2 Å². The second kappa shape index (κ2) is 5.12. The molecule has 1 aromatic heterocycles. The van der Waals surface area contributed by atoms with Crippen molar-refractivity contribution in [2.24, 2.45) is 11.8 Å². The van der Waals surface area contributed by atoms with E-state index in [1.165, 1.54) is 38.6 Å². The van der Waals surface area contributed by atoms with Crippen molar-refractivity contribution in [2.75, 3.05) is 30.4 Å². The van der Waals surface area contributed by atoms with Crippen LogP contribution in [0.3, 0.4) is 0 Å². The maximum absolute atomic E-state index is 4.56. The van der Waals surface area contributed by atoms with Gasteiger partial charge in [0.05, 0.1) is 0 Å². The number of aromatic nitrogens is 2. The van der Waals surface area contributed by atoms with Gasteiger partial charge in [0.25, 0.3) is 0 Å². The molecule has 2 heterocycles. The van der Waals surface area contributed by atoms with Gasteiger partial charge in [0.15, 0.2) is 0 Å². The number of rotatable bonds is 2. The summed E-state index contributed by atoms with van der Waals surface area (Å²) < 4.78 is 0. The lowest BCUT2D eigenvalue weighted by Crippen LogP contribution is -2.42. The first-order chi connectivity index (χ1) is 8.86. The van der Waals surface area contributed by atoms with Gasteiger partial charge in [-0.15, -0.1) is 0 Å². The lowest BCUT2D eigenvalue weighted by molar-refractivity contribution is 0.202. The zero-order valence-corrected chi connectivity index (χ0v) is 11.1. The lowest BCUT2D eigenvalue weighted by atomic mass is 9.75. The largest absolute Gasteiger partial charge is 0.357 e. The molecule has 18 heavy (non-hydrogen) atoms. The maximum atomic E-state index is 4.56. The number of fused-ring (bicyclic) bond motifs is 1. The molecule has 0 aromatic carbocycles. The van der Waals surface area contributed by atoms with E-state index in [4.69, 9.17) is 0 Å². The molecule has 1 aliphatic heterocycles. The molecule has 1 saturated heterocycles. The number of anilines is 2. The van der Waals surface area contributed by atoms with Crippen molar-refractivity contribution in [1.29, 1.82) is 0 Å². The molecule has 1 aromatic rings. The Morgan fingerprint density at radius 3 is 2.89 bits per heavy atom. The Hall–Kier alpha value is -1.32. The lowest BCUT2D eigenvalue weighted by Gasteiger charge is -2.41. The Labute approximate surface area is 109 Å². The molecule has 2 aliphatic rings. The number of piperidine rings is 1. The van der Waals surface area contributed by atoms with Gasteiger partial charge in [-0.3, -0.25) is 0 Å². The van der Waals surface area contributed by atoms with E-state index in [9.17, 15) is 0 Å². The van der Waals surface area contributed by atoms with Crippen molar-refractivity contribution in [2.45, 2.75) is 32.1 Å². The minimum atomic E-state index is 0.721. The predicted molar refractivity (Wildman–Crippen MR) is 73.9 cm³/mol. The Morgan fingerprint density at radius 1 is 1.22 bits per heavy atom. The highest BCUT2D eigenvalue weighted by Crippen LogP contribution is 2.37. The Bertz CT molecular complexity index is 407. The Kier molecular flexibility index (Phi) is 3.35. The van der Waals surface area contributed by atoms with Crippen LogP contribution in [-0.4, -0.2) is 30.1 Å². The Morgan fingerprint density at radius 2 is 2.06 bits per heavy atom. The minimum Gasteiger partial charge on any atom is -0.357 e. The van der Waals surface area contributed by atoms with Crippen molar-refractivity contribution in [3.8, 4) is 0 Å². The van der Waals surface area contributed by atoms with Gasteiger partial charge in [-0.25, -0.2) is 4.98 Å². The third-order valence-electron chi connectivity index (χ3n) is 4.48. The van der Waals surface area contributed by atoms with Crippen LogP contribution in [0.25, 0.3) is 0 Å². The molecule has 2 unspecified atom stereocenters. The van der Waals surface area contributed by atoms with Crippen LogP contribution in [0.1, 0.15) is 32.1 Å². The summed E-state index contributed by atoms with van der Waals surface area (Å²) in [6.45, 7) is 2.34. The van der Waals surface area contributed by atoms with Gasteiger partial charge in [0, 0.05) is 26.3 Å². The van der Waals surface area contributed by atoms with Crippen LogP contribution in [0.5, 0.6) is 0 Å². The second-order valence-corrected chi connectivity index (χ2v) is 5.53. The summed E-state index contributed by atoms with van der Waals surface area (Å²) in [6, 6.07) is 2.03. The molecule has 98 valence electrons. The van der Waals surface area contributed by atoms with Crippen LogP contribution < -0.4 is 10.2 Å². The highest BCUT2D eigenvalue weighted by atomic mass is 15.2. The van der Waals surface area contributed by atoms with Crippen molar-refractivity contribution in [1.82, 2.24) is 9.97 Å². The molecule has 4 nitrogen and oxygen atoms in total. The standard InChI is InChI=1S/C14H22N4/c1-15-14-16-8-6-13(17-14)18-9-7-11-4-2-3-5-12(11)10-18/h6,8,11-12H,2-5,7,9-10H2,1H3,(H,15,16,17). The molecule has 0 bridgehead atoms. The summed E-state index contributed by atoms with van der Waals surface area (Å²) in [4.78, 5) is 11.2. The minimum absolute atomic E-state index is 0.721. The molecule has 0 radical (unpaired) electrons. The van der Waals surface area contributed by atoms with E-state index in [0.29, 0.717) is 0 Å². The summed E-state index contributed by atoms with van der Waals surface area (Å²) in [5, 5.41) is 3.01. The first kappa shape index (κ1) is 11.8. The number of nitrogens with zero attached hydrogens (tertiary/aromatic N) is 3. The van der Waals surface area contributed by atoms with E-state index in [1.807, 2.05) is 19.3 Å². The molecular formula is C14H22N4. The third-order valence-corrected chi connectivity index (χ3v) is 4.48. The van der Waals surface area contributed by atoms with Crippen molar-refractivity contribution < 1.29 is 0 Å². The zero-order chi connectivity index (χ0) is 12.4. The van der Waals surface area contributed by atoms with E-state index >= 15 is 0 Å². The highest BCUT2D eigenvalue weighted by molar-refractivity contribution is 5.42. The molecule has 1 aliphatic carbocycles. The van der Waals surface area contributed by atoms with Crippen molar-refractivity contribution in [3.05, 3.63) is 12.3 Å². The number of hydrogen-bond acceptors (Lipinski definition) is 4. The SMILES string of the molecule is CNc1nccc(N2CCC3CCCCC3C2)n1. The first-order valence-electron chi connectivity index (χ1n) is 7.12. The fraction of sp³-hybridized carbons (Fsp3) is 0.714. The predicted octanol–water partition coefficient (Wildman–Crippen LogP) is 2.53. The summed E-state index contributed by atoms with van der Waals surface area (Å²) in [7, 11) is 1.87. The smallest absolute Gasteiger partial charge is 0.224 e. The molecule has 0 spiro atoms. The van der Waals surface area contributed by atoms with Gasteiger partial charge in [-0.1, -0.05) is 19.3 Å². The average molecular weight is 246 g/mol. The summed E-state index contributed by atoms with van der Waals surface area (Å²) in [5.74, 6) is 3.66. The van der Waals surface area contributed by atoms with Crippen molar-refractivity contribution in [3.63, 3.8) is 0 Å². The molecule has 1 N–H and O–H groups in total. The summed E-state index contributed by atoms with van der Waals surface area (Å²) >= 11 is 0. The quantitative estimate of drug-likeness (QED) is 0.870.